The highest BCUT2D eigenvalue weighted by Crippen LogP contribution is 2.44. The maximum Gasteiger partial charge on any atom is 0.289 e. The minimum atomic E-state index is -0.585. The van der Waals surface area contributed by atoms with Crippen molar-refractivity contribution in [2.75, 3.05) is 11.4 Å². The van der Waals surface area contributed by atoms with Gasteiger partial charge >= 0.3 is 0 Å². The van der Waals surface area contributed by atoms with Crippen molar-refractivity contribution in [1.82, 2.24) is 0 Å². The lowest BCUT2D eigenvalue weighted by Crippen LogP contribution is -2.31. The average molecular weight is 390 g/mol. The van der Waals surface area contributed by atoms with Crippen molar-refractivity contribution in [3.05, 3.63) is 82.4 Å². The first-order valence-electron chi connectivity index (χ1n) is 9.22. The summed E-state index contributed by atoms with van der Waals surface area (Å²) in [5.41, 5.74) is 0.141. The Morgan fingerprint density at radius 3 is 2.45 bits per heavy atom. The van der Waals surface area contributed by atoms with Gasteiger partial charge in [0.05, 0.1) is 16.7 Å². The van der Waals surface area contributed by atoms with Crippen LogP contribution in [0.3, 0.4) is 0 Å². The number of hydrogen-bond acceptors (Lipinski definition) is 5. The second-order valence-electron chi connectivity index (χ2n) is 6.51. The van der Waals surface area contributed by atoms with Crippen molar-refractivity contribution in [3.63, 3.8) is 0 Å². The molecule has 3 aromatic rings. The molecule has 7 nitrogen and oxygen atoms in total. The Labute approximate surface area is 167 Å². The third-order valence-electron chi connectivity index (χ3n) is 4.51. The second kappa shape index (κ2) is 7.63. The fraction of sp³-hybridized carbons (Fsp3) is 0.136. The van der Waals surface area contributed by atoms with Crippen molar-refractivity contribution < 1.29 is 19.2 Å². The minimum absolute atomic E-state index is 0.0833. The van der Waals surface area contributed by atoms with Gasteiger partial charge in [-0.3, -0.25) is 14.9 Å². The first-order chi connectivity index (χ1) is 14.1. The molecule has 0 spiro atoms. The van der Waals surface area contributed by atoms with Crippen LogP contribution < -0.4 is 14.4 Å². The maximum atomic E-state index is 13.3. The molecule has 0 saturated carbocycles. The number of ether oxygens (including phenoxy) is 2. The van der Waals surface area contributed by atoms with Gasteiger partial charge in [-0.25, -0.2) is 0 Å². The zero-order valence-electron chi connectivity index (χ0n) is 15.7. The van der Waals surface area contributed by atoms with Crippen LogP contribution in [0.2, 0.25) is 0 Å². The lowest BCUT2D eigenvalue weighted by Gasteiger charge is -2.21. The summed E-state index contributed by atoms with van der Waals surface area (Å²) in [5, 5.41) is 11.8. The van der Waals surface area contributed by atoms with Crippen molar-refractivity contribution in [2.24, 2.45) is 0 Å². The molecule has 0 aromatic heterocycles. The molecule has 1 aliphatic heterocycles. The number of fused-ring (bicyclic) bond motifs is 2. The fourth-order valence-electron chi connectivity index (χ4n) is 3.27. The lowest BCUT2D eigenvalue weighted by atomic mass is 10.1. The number of benzene rings is 3. The molecule has 3 aromatic carbocycles. The van der Waals surface area contributed by atoms with E-state index in [4.69, 9.17) is 9.47 Å². The van der Waals surface area contributed by atoms with Gasteiger partial charge in [-0.2, -0.15) is 0 Å². The van der Waals surface area contributed by atoms with Crippen LogP contribution in [0, 0.1) is 10.1 Å². The third kappa shape index (κ3) is 3.50. The van der Waals surface area contributed by atoms with E-state index in [1.54, 1.807) is 48.5 Å². The summed E-state index contributed by atoms with van der Waals surface area (Å²) < 4.78 is 11.7. The number of hydrogen-bond donors (Lipinski definition) is 0. The van der Waals surface area contributed by atoms with E-state index in [-0.39, 0.29) is 22.7 Å². The van der Waals surface area contributed by atoms with Gasteiger partial charge in [0.15, 0.2) is 17.1 Å². The zero-order valence-corrected chi connectivity index (χ0v) is 15.7. The molecule has 0 N–H and O–H groups in total. The van der Waals surface area contributed by atoms with E-state index in [0.29, 0.717) is 30.2 Å². The number of carbonyl (C=O) groups is 1. The molecule has 0 aliphatic carbocycles. The molecular formula is C22H18N2O5. The van der Waals surface area contributed by atoms with E-state index < -0.39 is 10.8 Å². The van der Waals surface area contributed by atoms with Crippen molar-refractivity contribution in [1.29, 1.82) is 0 Å². The highest BCUT2D eigenvalue weighted by molar-refractivity contribution is 6.12. The van der Waals surface area contributed by atoms with Gasteiger partial charge in [0.2, 0.25) is 0 Å². The number of para-hydroxylation sites is 3. The lowest BCUT2D eigenvalue weighted by molar-refractivity contribution is -0.385. The molecule has 4 rings (SSSR count). The Bertz CT molecular complexity index is 1080. The normalized spacial score (nSPS) is 12.4. The summed E-state index contributed by atoms with van der Waals surface area (Å²) >= 11 is 0. The molecule has 0 atom stereocenters. The highest BCUT2D eigenvalue weighted by Gasteiger charge is 2.35. The Hall–Kier alpha value is -3.87. The van der Waals surface area contributed by atoms with Crippen LogP contribution in [0.1, 0.15) is 23.7 Å². The Morgan fingerprint density at radius 2 is 1.72 bits per heavy atom. The summed E-state index contributed by atoms with van der Waals surface area (Å²) in [7, 11) is 0. The first kappa shape index (κ1) is 18.5. The molecule has 146 valence electrons. The van der Waals surface area contributed by atoms with Crippen molar-refractivity contribution >= 4 is 17.3 Å². The van der Waals surface area contributed by atoms with Crippen LogP contribution in [-0.2, 0) is 0 Å². The molecule has 0 unspecified atom stereocenters. The van der Waals surface area contributed by atoms with Crippen LogP contribution in [0.15, 0.2) is 66.7 Å². The molecule has 1 aliphatic rings. The monoisotopic (exact) mass is 390 g/mol. The quantitative estimate of drug-likeness (QED) is 0.421. The van der Waals surface area contributed by atoms with E-state index in [9.17, 15) is 14.9 Å². The predicted molar refractivity (Wildman–Crippen MR) is 108 cm³/mol. The van der Waals surface area contributed by atoms with Crippen LogP contribution in [0.25, 0.3) is 0 Å². The zero-order chi connectivity index (χ0) is 20.4. The first-order valence-corrected chi connectivity index (χ1v) is 9.22. The summed E-state index contributed by atoms with van der Waals surface area (Å²) in [6.07, 6.45) is 0.693. The SMILES string of the molecule is CCCN1C(=O)c2c(cc(Oc3ccccc3)cc2[N+](=O)[O-])Oc2ccccc21. The molecule has 1 heterocycles. The Kier molecular flexibility index (Phi) is 4.87. The van der Waals surface area contributed by atoms with Crippen LogP contribution in [-0.4, -0.2) is 17.4 Å². The highest BCUT2D eigenvalue weighted by atomic mass is 16.6. The number of amides is 1. The topological polar surface area (TPSA) is 81.9 Å². The largest absolute Gasteiger partial charge is 0.457 e. The van der Waals surface area contributed by atoms with E-state index in [2.05, 4.69) is 0 Å². The standard InChI is InChI=1S/C22H18N2O5/c1-2-12-23-17-10-6-7-11-19(17)29-20-14-16(28-15-8-4-3-5-9-15)13-18(24(26)27)21(20)22(23)25/h3-11,13-14H,2,12H2,1H3. The summed E-state index contributed by atoms with van der Waals surface area (Å²) in [6.45, 7) is 2.35. The minimum Gasteiger partial charge on any atom is -0.457 e. The van der Waals surface area contributed by atoms with Crippen LogP contribution in [0.4, 0.5) is 11.4 Å². The van der Waals surface area contributed by atoms with Crippen LogP contribution in [0.5, 0.6) is 23.0 Å². The van der Waals surface area contributed by atoms with Gasteiger partial charge in [-0.05, 0) is 30.7 Å². The van der Waals surface area contributed by atoms with E-state index in [1.807, 2.05) is 13.0 Å². The molecular weight excluding hydrogens is 372 g/mol. The molecule has 7 heteroatoms. The van der Waals surface area contributed by atoms with E-state index in [0.717, 1.165) is 0 Å². The number of nitro groups is 1. The Morgan fingerprint density at radius 1 is 1.00 bits per heavy atom. The number of carbonyl (C=O) groups excluding carboxylic acids is 1. The van der Waals surface area contributed by atoms with Gasteiger partial charge < -0.3 is 14.4 Å². The van der Waals surface area contributed by atoms with Gasteiger partial charge in [0.1, 0.15) is 11.5 Å². The summed E-state index contributed by atoms with van der Waals surface area (Å²) in [4.78, 5) is 26.0. The van der Waals surface area contributed by atoms with Crippen molar-refractivity contribution in [2.45, 2.75) is 13.3 Å². The van der Waals surface area contributed by atoms with Gasteiger partial charge in [-0.1, -0.05) is 37.3 Å². The van der Waals surface area contributed by atoms with Gasteiger partial charge in [0.25, 0.3) is 11.6 Å². The number of nitrogens with zero attached hydrogens (tertiary/aromatic N) is 2. The van der Waals surface area contributed by atoms with Gasteiger partial charge in [-0.15, -0.1) is 0 Å². The molecule has 0 fully saturated rings. The second-order valence-corrected chi connectivity index (χ2v) is 6.51. The van der Waals surface area contributed by atoms with Crippen molar-refractivity contribution in [3.8, 4) is 23.0 Å². The number of nitro benzene ring substituents is 1. The molecule has 29 heavy (non-hydrogen) atoms. The summed E-state index contributed by atoms with van der Waals surface area (Å²) in [5.74, 6) is 0.829. The number of rotatable bonds is 5. The smallest absolute Gasteiger partial charge is 0.289 e. The summed E-state index contributed by atoms with van der Waals surface area (Å²) in [6, 6.07) is 18.8. The van der Waals surface area contributed by atoms with Crippen LogP contribution >= 0.6 is 0 Å². The number of anilines is 1. The van der Waals surface area contributed by atoms with E-state index in [1.165, 1.54) is 17.0 Å². The molecule has 0 radical (unpaired) electrons. The molecule has 0 bridgehead atoms. The van der Waals surface area contributed by atoms with Gasteiger partial charge in [0, 0.05) is 12.6 Å². The predicted octanol–water partition coefficient (Wildman–Crippen LogP) is 5.55. The van der Waals surface area contributed by atoms with E-state index >= 15 is 0 Å². The average Bonchev–Trinajstić information content (AvgIpc) is 2.83. The molecule has 0 saturated heterocycles. The maximum absolute atomic E-state index is 13.3. The Balaban J connectivity index is 1.88. The fourth-order valence-corrected chi connectivity index (χ4v) is 3.27. The molecule has 1 amide bonds. The third-order valence-corrected chi connectivity index (χ3v) is 4.51.